The first-order chi connectivity index (χ1) is 17.5. The highest BCUT2D eigenvalue weighted by atomic mass is 32.1. The number of benzene rings is 1. The van der Waals surface area contributed by atoms with E-state index in [1.54, 1.807) is 35.0 Å². The van der Waals surface area contributed by atoms with Gasteiger partial charge in [-0.15, -0.1) is 11.3 Å². The minimum Gasteiger partial charge on any atom is -0.486 e. The quantitative estimate of drug-likeness (QED) is 0.413. The van der Waals surface area contributed by atoms with Crippen LogP contribution in [0, 0.1) is 6.92 Å². The molecule has 1 saturated heterocycles. The lowest BCUT2D eigenvalue weighted by atomic mass is 10.1. The molecule has 1 aliphatic heterocycles. The number of nitrogens with zero attached hydrogens (tertiary/aromatic N) is 4. The van der Waals surface area contributed by atoms with E-state index in [1.165, 1.54) is 30.6 Å². The smallest absolute Gasteiger partial charge is 0.265 e. The summed E-state index contributed by atoms with van der Waals surface area (Å²) in [6.07, 6.45) is 7.96. The van der Waals surface area contributed by atoms with E-state index in [9.17, 15) is 14.4 Å². The maximum Gasteiger partial charge on any atom is 0.265 e. The highest BCUT2D eigenvalue weighted by Gasteiger charge is 2.18. The fraction of sp³-hybridized carbons (Fsp3) is 0.500. The summed E-state index contributed by atoms with van der Waals surface area (Å²) in [5.41, 5.74) is 0.357. The largest absolute Gasteiger partial charge is 0.486 e. The van der Waals surface area contributed by atoms with Crippen LogP contribution in [0.5, 0.6) is 5.75 Å². The number of aryl methyl sites for hydroxylation is 1. The maximum absolute atomic E-state index is 13.5. The minimum atomic E-state index is -0.376. The van der Waals surface area contributed by atoms with Gasteiger partial charge in [0, 0.05) is 30.1 Å². The molecule has 0 bridgehead atoms. The third-order valence-corrected chi connectivity index (χ3v) is 7.50. The van der Waals surface area contributed by atoms with E-state index < -0.39 is 0 Å². The fourth-order valence-corrected chi connectivity index (χ4v) is 5.59. The average molecular weight is 512 g/mol. The Kier molecular flexibility index (Phi) is 8.82. The number of likely N-dealkylation sites (tertiary alicyclic amines) is 1. The lowest BCUT2D eigenvalue weighted by Gasteiger charge is -2.19. The van der Waals surface area contributed by atoms with Gasteiger partial charge < -0.3 is 4.74 Å². The standard InChI is InChI=1S/C26H33N5O4S/c1-18(10-11-23(33)28-17-32)31-19(2)29-21-8-7-9-22(25(21)26(31)34)35-16-24-27-14-20(36-24)15-30-12-5-3-4-6-13-30/h7-9,14,17-18H,3-6,10-13,15-16H2,1-2H3,(H,28,32,33). The molecule has 0 radical (unpaired) electrons. The predicted molar refractivity (Wildman–Crippen MR) is 139 cm³/mol. The summed E-state index contributed by atoms with van der Waals surface area (Å²) >= 11 is 1.65. The SMILES string of the molecule is Cc1nc2cccc(OCc3ncc(CN4CCCCCC4)s3)c2c(=O)n1C(C)CCC(=O)NC=O. The third kappa shape index (κ3) is 6.36. The molecule has 3 heterocycles. The van der Waals surface area contributed by atoms with Crippen LogP contribution in [-0.4, -0.2) is 44.8 Å². The van der Waals surface area contributed by atoms with Gasteiger partial charge in [-0.2, -0.15) is 0 Å². The number of imide groups is 1. The maximum atomic E-state index is 13.5. The Bertz CT molecular complexity index is 1260. The van der Waals surface area contributed by atoms with E-state index in [1.807, 2.05) is 19.2 Å². The summed E-state index contributed by atoms with van der Waals surface area (Å²) in [6.45, 7) is 7.11. The van der Waals surface area contributed by atoms with Crippen LogP contribution >= 0.6 is 11.3 Å². The molecule has 1 fully saturated rings. The van der Waals surface area contributed by atoms with E-state index in [-0.39, 0.29) is 30.5 Å². The highest BCUT2D eigenvalue weighted by molar-refractivity contribution is 7.11. The first kappa shape index (κ1) is 26.0. The van der Waals surface area contributed by atoms with Gasteiger partial charge in [0.05, 0.1) is 5.52 Å². The zero-order chi connectivity index (χ0) is 25.5. The summed E-state index contributed by atoms with van der Waals surface area (Å²) in [7, 11) is 0. The first-order valence-corrected chi connectivity index (χ1v) is 13.3. The lowest BCUT2D eigenvalue weighted by Crippen LogP contribution is -2.28. The van der Waals surface area contributed by atoms with Crippen LogP contribution in [0.2, 0.25) is 0 Å². The Morgan fingerprint density at radius 1 is 1.25 bits per heavy atom. The van der Waals surface area contributed by atoms with Crippen molar-refractivity contribution in [1.82, 2.24) is 24.8 Å². The summed E-state index contributed by atoms with van der Waals surface area (Å²) in [5.74, 6) is 0.652. The van der Waals surface area contributed by atoms with Crippen LogP contribution in [0.1, 0.15) is 67.2 Å². The van der Waals surface area contributed by atoms with Gasteiger partial charge in [0.1, 0.15) is 28.6 Å². The van der Waals surface area contributed by atoms with Crippen molar-refractivity contribution in [1.29, 1.82) is 0 Å². The number of carbonyl (C=O) groups is 2. The number of aromatic nitrogens is 3. The predicted octanol–water partition coefficient (Wildman–Crippen LogP) is 3.73. The van der Waals surface area contributed by atoms with E-state index in [0.717, 1.165) is 24.6 Å². The van der Waals surface area contributed by atoms with Gasteiger partial charge in [0.15, 0.2) is 0 Å². The topological polar surface area (TPSA) is 106 Å². The molecule has 36 heavy (non-hydrogen) atoms. The van der Waals surface area contributed by atoms with Crippen LogP contribution < -0.4 is 15.6 Å². The van der Waals surface area contributed by atoms with Crippen LogP contribution in [0.3, 0.4) is 0 Å². The Morgan fingerprint density at radius 3 is 2.78 bits per heavy atom. The van der Waals surface area contributed by atoms with Gasteiger partial charge in [-0.1, -0.05) is 18.9 Å². The zero-order valence-corrected chi connectivity index (χ0v) is 21.7. The van der Waals surface area contributed by atoms with Crippen molar-refractivity contribution >= 4 is 34.6 Å². The molecule has 10 heteroatoms. The molecule has 2 amide bonds. The normalized spacial score (nSPS) is 15.4. The molecule has 1 aromatic carbocycles. The lowest BCUT2D eigenvalue weighted by molar-refractivity contribution is -0.125. The molecule has 3 aromatic rings. The van der Waals surface area contributed by atoms with Crippen LogP contribution in [0.15, 0.2) is 29.2 Å². The van der Waals surface area contributed by atoms with Gasteiger partial charge in [-0.3, -0.25) is 29.2 Å². The van der Waals surface area contributed by atoms with Crippen molar-refractivity contribution in [2.75, 3.05) is 13.1 Å². The molecule has 0 aliphatic carbocycles. The van der Waals surface area contributed by atoms with E-state index in [4.69, 9.17) is 4.74 Å². The number of nitrogens with one attached hydrogen (secondary N) is 1. The van der Waals surface area contributed by atoms with Gasteiger partial charge in [0.25, 0.3) is 5.56 Å². The van der Waals surface area contributed by atoms with Crippen molar-refractivity contribution < 1.29 is 14.3 Å². The monoisotopic (exact) mass is 511 g/mol. The van der Waals surface area contributed by atoms with Crippen molar-refractivity contribution in [3.8, 4) is 5.75 Å². The molecule has 1 N–H and O–H groups in total. The Balaban J connectivity index is 1.49. The molecular weight excluding hydrogens is 478 g/mol. The second-order valence-electron chi connectivity index (χ2n) is 9.26. The molecule has 192 valence electrons. The number of amides is 2. The summed E-state index contributed by atoms with van der Waals surface area (Å²) in [6, 6.07) is 5.12. The van der Waals surface area contributed by atoms with Gasteiger partial charge in [-0.05, 0) is 58.3 Å². The van der Waals surface area contributed by atoms with Crippen LogP contribution in [0.25, 0.3) is 10.9 Å². The fourth-order valence-electron chi connectivity index (χ4n) is 4.71. The molecule has 1 aliphatic rings. The Morgan fingerprint density at radius 2 is 2.03 bits per heavy atom. The summed E-state index contributed by atoms with van der Waals surface area (Å²) in [4.78, 5) is 48.6. The van der Waals surface area contributed by atoms with E-state index in [0.29, 0.717) is 35.3 Å². The van der Waals surface area contributed by atoms with Crippen molar-refractivity contribution in [2.24, 2.45) is 0 Å². The minimum absolute atomic E-state index is 0.131. The molecule has 9 nitrogen and oxygen atoms in total. The van der Waals surface area contributed by atoms with Crippen LogP contribution in [0.4, 0.5) is 0 Å². The summed E-state index contributed by atoms with van der Waals surface area (Å²) < 4.78 is 7.68. The molecule has 4 rings (SSSR count). The number of ether oxygens (including phenoxy) is 1. The highest BCUT2D eigenvalue weighted by Crippen LogP contribution is 2.25. The molecule has 1 unspecified atom stereocenters. The molecule has 0 spiro atoms. The van der Waals surface area contributed by atoms with Crippen molar-refractivity contribution in [2.45, 2.75) is 71.6 Å². The molecular formula is C26H33N5O4S. The number of hydrogen-bond donors (Lipinski definition) is 1. The van der Waals surface area contributed by atoms with Crippen molar-refractivity contribution in [3.63, 3.8) is 0 Å². The van der Waals surface area contributed by atoms with Crippen molar-refractivity contribution in [3.05, 3.63) is 50.5 Å². The first-order valence-electron chi connectivity index (χ1n) is 12.5. The summed E-state index contributed by atoms with van der Waals surface area (Å²) in [5, 5.41) is 3.41. The second-order valence-corrected chi connectivity index (χ2v) is 10.5. The number of rotatable bonds is 10. The molecule has 1 atom stereocenters. The second kappa shape index (κ2) is 12.2. The van der Waals surface area contributed by atoms with Gasteiger partial charge >= 0.3 is 0 Å². The number of fused-ring (bicyclic) bond motifs is 1. The molecule has 0 saturated carbocycles. The Hall–Kier alpha value is -3.11. The third-order valence-electron chi connectivity index (χ3n) is 6.55. The average Bonchev–Trinajstić information content (AvgIpc) is 3.14. The van der Waals surface area contributed by atoms with Gasteiger partial charge in [0.2, 0.25) is 12.3 Å². The number of hydrogen-bond acceptors (Lipinski definition) is 8. The van der Waals surface area contributed by atoms with E-state index in [2.05, 4.69) is 20.2 Å². The molecule has 2 aromatic heterocycles. The van der Waals surface area contributed by atoms with Crippen LogP contribution in [-0.2, 0) is 22.7 Å². The Labute approximate surface area is 214 Å². The van der Waals surface area contributed by atoms with Gasteiger partial charge in [-0.25, -0.2) is 9.97 Å². The number of carbonyl (C=O) groups excluding carboxylic acids is 2. The van der Waals surface area contributed by atoms with E-state index >= 15 is 0 Å². The zero-order valence-electron chi connectivity index (χ0n) is 20.9. The number of thiazole rings is 1.